The van der Waals surface area contributed by atoms with Gasteiger partial charge in [-0.3, -0.25) is 4.68 Å². The van der Waals surface area contributed by atoms with Crippen LogP contribution in [0.15, 0.2) is 127 Å². The van der Waals surface area contributed by atoms with Crippen LogP contribution in [0, 0.1) is 18.8 Å². The van der Waals surface area contributed by atoms with Gasteiger partial charge in [0.2, 0.25) is 0 Å². The first-order valence-corrected chi connectivity index (χ1v) is 19.8. The van der Waals surface area contributed by atoms with E-state index >= 15 is 0 Å². The first-order valence-electron chi connectivity index (χ1n) is 19.8. The number of nitrogens with zero attached hydrogens (tertiary/aromatic N) is 5. The Morgan fingerprint density at radius 2 is 1.23 bits per heavy atom. The molecule has 57 heavy (non-hydrogen) atoms. The summed E-state index contributed by atoms with van der Waals surface area (Å²) in [5.41, 5.74) is 15.5. The molecule has 0 fully saturated rings. The number of hydrogen-bond acceptors (Lipinski definition) is 3. The molecule has 0 atom stereocenters. The predicted octanol–water partition coefficient (Wildman–Crippen LogP) is 13.2. The van der Waals surface area contributed by atoms with Crippen molar-refractivity contribution in [3.8, 4) is 33.8 Å². The van der Waals surface area contributed by atoms with Gasteiger partial charge in [-0.25, -0.2) is 0 Å². The van der Waals surface area contributed by atoms with Gasteiger partial charge >= 0.3 is 0 Å². The molecule has 8 aromatic rings. The summed E-state index contributed by atoms with van der Waals surface area (Å²) in [5, 5.41) is 7.92. The van der Waals surface area contributed by atoms with E-state index in [1.807, 2.05) is 0 Å². The molecule has 5 nitrogen and oxygen atoms in total. The van der Waals surface area contributed by atoms with Crippen LogP contribution in [0.1, 0.15) is 77.1 Å². The first-order chi connectivity index (χ1) is 27.0. The van der Waals surface area contributed by atoms with E-state index in [4.69, 9.17) is 5.10 Å². The number of hydrogen-bond donors (Lipinski definition) is 0. The maximum Gasteiger partial charge on any atom is 0.101 e. The van der Waals surface area contributed by atoms with Crippen molar-refractivity contribution in [3.63, 3.8) is 0 Å². The SMILES string of the molecule is CC(C)c1cccc(C(C)C)c1-c1c(-c2ccccc2)nn(-c2[c-]c3c(cc2)c2ccccc2n3-c2[c-]c(N3[CH-]N(C)c4ccccc43)ccc2)c1C(C)(C)C.[Pt]. The van der Waals surface area contributed by atoms with Crippen LogP contribution in [0.2, 0.25) is 0 Å². The predicted molar refractivity (Wildman–Crippen MR) is 235 cm³/mol. The number of rotatable bonds is 7. The van der Waals surface area contributed by atoms with Crippen molar-refractivity contribution in [2.75, 3.05) is 16.8 Å². The molecular weight excluding hydrogens is 878 g/mol. The Bertz CT molecular complexity index is 2720. The second kappa shape index (κ2) is 14.8. The minimum Gasteiger partial charge on any atom is -0.504 e. The summed E-state index contributed by atoms with van der Waals surface area (Å²) in [7, 11) is 2.09. The zero-order valence-corrected chi connectivity index (χ0v) is 36.2. The maximum absolute atomic E-state index is 5.61. The third kappa shape index (κ3) is 6.51. The molecule has 0 unspecified atom stereocenters. The molecule has 3 heterocycles. The van der Waals surface area contributed by atoms with Crippen molar-refractivity contribution in [1.82, 2.24) is 14.3 Å². The molecule has 6 aromatic carbocycles. The van der Waals surface area contributed by atoms with Crippen molar-refractivity contribution >= 4 is 38.9 Å². The molecule has 0 aliphatic carbocycles. The van der Waals surface area contributed by atoms with Crippen LogP contribution in [0.5, 0.6) is 0 Å². The molecule has 0 spiro atoms. The van der Waals surface area contributed by atoms with E-state index in [1.54, 1.807) is 0 Å². The van der Waals surface area contributed by atoms with Crippen LogP contribution in [-0.2, 0) is 26.5 Å². The molecule has 0 saturated heterocycles. The largest absolute Gasteiger partial charge is 0.504 e. The van der Waals surface area contributed by atoms with Crippen LogP contribution in [-0.4, -0.2) is 21.4 Å². The fourth-order valence-electron chi connectivity index (χ4n) is 8.59. The van der Waals surface area contributed by atoms with Crippen LogP contribution in [0.4, 0.5) is 17.1 Å². The molecule has 9 rings (SSSR count). The average Bonchev–Trinajstić information content (AvgIpc) is 3.88. The molecule has 1 aliphatic heterocycles. The van der Waals surface area contributed by atoms with Crippen molar-refractivity contribution < 1.29 is 21.1 Å². The Labute approximate surface area is 351 Å². The van der Waals surface area contributed by atoms with E-state index in [0.29, 0.717) is 11.8 Å². The zero-order chi connectivity index (χ0) is 38.9. The molecule has 0 radical (unpaired) electrons. The van der Waals surface area contributed by atoms with Gasteiger partial charge in [-0.1, -0.05) is 139 Å². The Morgan fingerprint density at radius 1 is 0.596 bits per heavy atom. The molecule has 0 saturated carbocycles. The minimum atomic E-state index is -0.263. The Morgan fingerprint density at radius 3 is 1.93 bits per heavy atom. The summed E-state index contributed by atoms with van der Waals surface area (Å²) in [6.45, 7) is 18.3. The van der Waals surface area contributed by atoms with Crippen molar-refractivity contribution in [3.05, 3.63) is 163 Å². The van der Waals surface area contributed by atoms with Gasteiger partial charge in [-0.15, -0.1) is 41.4 Å². The summed E-state index contributed by atoms with van der Waals surface area (Å²) >= 11 is 0. The second-order valence-corrected chi connectivity index (χ2v) is 16.7. The quantitative estimate of drug-likeness (QED) is 0.149. The van der Waals surface area contributed by atoms with Crippen LogP contribution < -0.4 is 9.80 Å². The monoisotopic (exact) mass is 925 g/mol. The Hall–Kier alpha value is -5.38. The van der Waals surface area contributed by atoms with Gasteiger partial charge in [0.25, 0.3) is 0 Å². The Kier molecular flexibility index (Phi) is 10.0. The fourth-order valence-corrected chi connectivity index (χ4v) is 8.59. The summed E-state index contributed by atoms with van der Waals surface area (Å²) in [6.07, 6.45) is 0. The topological polar surface area (TPSA) is 29.2 Å². The number of fused-ring (bicyclic) bond motifs is 4. The van der Waals surface area contributed by atoms with Gasteiger partial charge in [-0.2, -0.15) is 23.9 Å². The first kappa shape index (κ1) is 38.5. The molecule has 0 bridgehead atoms. The minimum absolute atomic E-state index is 0. The van der Waals surface area contributed by atoms with Gasteiger partial charge in [0.05, 0.1) is 5.69 Å². The van der Waals surface area contributed by atoms with E-state index in [-0.39, 0.29) is 26.5 Å². The number of benzene rings is 6. The summed E-state index contributed by atoms with van der Waals surface area (Å²) in [5.74, 6) is 0.669. The average molecular weight is 926 g/mol. The smallest absolute Gasteiger partial charge is 0.101 e. The second-order valence-electron chi connectivity index (χ2n) is 16.7. The summed E-state index contributed by atoms with van der Waals surface area (Å²) < 4.78 is 4.50. The maximum atomic E-state index is 5.61. The molecule has 0 N–H and O–H groups in total. The summed E-state index contributed by atoms with van der Waals surface area (Å²) in [6, 6.07) is 53.3. The number of aromatic nitrogens is 3. The van der Waals surface area contributed by atoms with E-state index in [1.165, 1.54) is 39.0 Å². The van der Waals surface area contributed by atoms with Crippen molar-refractivity contribution in [1.29, 1.82) is 0 Å². The molecule has 290 valence electrons. The molecule has 6 heteroatoms. The number of para-hydroxylation sites is 3. The standard InChI is InChI=1S/C51H48N5.Pt/c1-33(2)39-23-17-24-40(34(3)4)47(39)48-49(35-18-10-9-11-19-35)52-56(50(48)51(5,6)7)38-28-29-42-41-22-12-13-25-43(41)55(46(42)31-38)37-21-16-20-36(30-37)54-32-53(8)44-26-14-15-27-45(44)54;/h9-29,32-34H,1-8H3;/q-3;. The van der Waals surface area contributed by atoms with E-state index in [9.17, 15) is 0 Å². The fraction of sp³-hybridized carbons (Fsp3) is 0.216. The van der Waals surface area contributed by atoms with Crippen LogP contribution in [0.25, 0.3) is 55.6 Å². The van der Waals surface area contributed by atoms with Gasteiger partial charge in [-0.05, 0) is 64.8 Å². The molecule has 1 aliphatic rings. The number of anilines is 3. The van der Waals surface area contributed by atoms with Gasteiger partial charge in [0.15, 0.2) is 0 Å². The molecule has 2 aromatic heterocycles. The van der Waals surface area contributed by atoms with Gasteiger partial charge < -0.3 is 14.4 Å². The van der Waals surface area contributed by atoms with Gasteiger partial charge in [0, 0.05) is 54.5 Å². The zero-order valence-electron chi connectivity index (χ0n) is 33.9. The summed E-state index contributed by atoms with van der Waals surface area (Å²) in [4.78, 5) is 4.38. The molecule has 0 amide bonds. The van der Waals surface area contributed by atoms with Crippen molar-refractivity contribution in [2.45, 2.75) is 65.7 Å². The molecular formula is C51H48N5Pt-3. The van der Waals surface area contributed by atoms with E-state index < -0.39 is 0 Å². The van der Waals surface area contributed by atoms with Crippen LogP contribution in [0.3, 0.4) is 0 Å². The van der Waals surface area contributed by atoms with Crippen molar-refractivity contribution in [2.24, 2.45) is 0 Å². The third-order valence-electron chi connectivity index (χ3n) is 11.1. The van der Waals surface area contributed by atoms with Crippen LogP contribution >= 0.6 is 0 Å². The Balaban J connectivity index is 0.00000455. The van der Waals surface area contributed by atoms with E-state index in [2.05, 4.69) is 221 Å². The normalized spacial score (nSPS) is 12.9. The van der Waals surface area contributed by atoms with Gasteiger partial charge in [0.1, 0.15) is 5.69 Å². The third-order valence-corrected chi connectivity index (χ3v) is 11.1. The van der Waals surface area contributed by atoms with E-state index in [0.717, 1.165) is 50.4 Å².